The maximum atomic E-state index is 12.6. The molecule has 1 saturated heterocycles. The molecule has 1 unspecified atom stereocenters. The first-order chi connectivity index (χ1) is 12.5. The van der Waals surface area contributed by atoms with Gasteiger partial charge in [-0.3, -0.25) is 14.5 Å². The molecule has 1 heterocycles. The molecule has 0 aliphatic carbocycles. The molecule has 134 valence electrons. The number of hydrogen-bond acceptors (Lipinski definition) is 4. The average Bonchev–Trinajstić information content (AvgIpc) is 2.61. The first-order valence-corrected chi connectivity index (χ1v) is 9.43. The Bertz CT molecular complexity index is 842. The fraction of sp³-hybridized carbons (Fsp3) is 0.211. The number of carbonyl (C=O) groups is 2. The predicted molar refractivity (Wildman–Crippen MR) is 106 cm³/mol. The van der Waals surface area contributed by atoms with Crippen molar-refractivity contribution in [3.05, 3.63) is 65.2 Å². The van der Waals surface area contributed by atoms with Gasteiger partial charge in [-0.05, 0) is 30.2 Å². The Morgan fingerprint density at radius 1 is 1.23 bits per heavy atom. The first kappa shape index (κ1) is 18.5. The Morgan fingerprint density at radius 2 is 2.00 bits per heavy atom. The number of nitrogens with two attached hydrogens (primary N) is 1. The molecular formula is C19H18ClN3O2S. The normalized spacial score (nSPS) is 19.0. The number of hydrogen-bond donors (Lipinski definition) is 1. The molecular weight excluding hydrogens is 370 g/mol. The van der Waals surface area contributed by atoms with Crippen LogP contribution in [0.1, 0.15) is 12.0 Å². The van der Waals surface area contributed by atoms with E-state index < -0.39 is 11.2 Å². The summed E-state index contributed by atoms with van der Waals surface area (Å²) in [6.45, 7) is 0.487. The molecule has 2 amide bonds. The van der Waals surface area contributed by atoms with Crippen molar-refractivity contribution in [3.63, 3.8) is 0 Å². The number of amidine groups is 1. The van der Waals surface area contributed by atoms with Crippen molar-refractivity contribution in [2.45, 2.75) is 18.1 Å². The van der Waals surface area contributed by atoms with E-state index in [2.05, 4.69) is 4.99 Å². The zero-order valence-electron chi connectivity index (χ0n) is 14.0. The molecule has 1 fully saturated rings. The molecule has 1 aliphatic heterocycles. The van der Waals surface area contributed by atoms with Crippen LogP contribution in [0.15, 0.2) is 59.6 Å². The van der Waals surface area contributed by atoms with Gasteiger partial charge in [0.1, 0.15) is 0 Å². The summed E-state index contributed by atoms with van der Waals surface area (Å²) in [5.41, 5.74) is 7.17. The number of halogens is 1. The van der Waals surface area contributed by atoms with Crippen LogP contribution < -0.4 is 5.73 Å². The summed E-state index contributed by atoms with van der Waals surface area (Å²) >= 11 is 7.24. The molecule has 26 heavy (non-hydrogen) atoms. The van der Waals surface area contributed by atoms with E-state index in [-0.39, 0.29) is 12.3 Å². The SMILES string of the molecule is NC(=O)C1CC(=O)N(CCc2ccccc2)C(=Nc2cccc(Cl)c2)S1. The summed E-state index contributed by atoms with van der Waals surface area (Å²) in [5.74, 6) is -0.658. The van der Waals surface area contributed by atoms with Crippen LogP contribution in [0.3, 0.4) is 0 Å². The minimum Gasteiger partial charge on any atom is -0.369 e. The van der Waals surface area contributed by atoms with Gasteiger partial charge in [0.05, 0.1) is 10.9 Å². The molecule has 0 saturated carbocycles. The van der Waals surface area contributed by atoms with Crippen LogP contribution in [-0.2, 0) is 16.0 Å². The van der Waals surface area contributed by atoms with Crippen LogP contribution in [0.25, 0.3) is 0 Å². The Hall–Kier alpha value is -2.31. The quantitative estimate of drug-likeness (QED) is 0.854. The zero-order valence-corrected chi connectivity index (χ0v) is 15.5. The van der Waals surface area contributed by atoms with Gasteiger partial charge in [-0.1, -0.05) is 59.8 Å². The molecule has 0 bridgehead atoms. The molecule has 1 atom stereocenters. The third kappa shape index (κ3) is 4.65. The van der Waals surface area contributed by atoms with Gasteiger partial charge in [0, 0.05) is 18.0 Å². The van der Waals surface area contributed by atoms with E-state index in [9.17, 15) is 9.59 Å². The van der Waals surface area contributed by atoms with Crippen LogP contribution in [0, 0.1) is 0 Å². The highest BCUT2D eigenvalue weighted by Gasteiger charge is 2.34. The summed E-state index contributed by atoms with van der Waals surface area (Å²) in [4.78, 5) is 30.4. The number of rotatable bonds is 5. The van der Waals surface area contributed by atoms with E-state index in [1.54, 1.807) is 29.2 Å². The van der Waals surface area contributed by atoms with Crippen LogP contribution in [0.2, 0.25) is 5.02 Å². The predicted octanol–water partition coefficient (Wildman–Crippen LogP) is 3.39. The lowest BCUT2D eigenvalue weighted by Gasteiger charge is -2.31. The van der Waals surface area contributed by atoms with Gasteiger partial charge in [0.25, 0.3) is 0 Å². The minimum atomic E-state index is -0.603. The zero-order chi connectivity index (χ0) is 18.5. The fourth-order valence-corrected chi connectivity index (χ4v) is 3.87. The summed E-state index contributed by atoms with van der Waals surface area (Å²) in [7, 11) is 0. The van der Waals surface area contributed by atoms with E-state index in [1.807, 2.05) is 30.3 Å². The molecule has 3 rings (SSSR count). The second kappa shape index (κ2) is 8.38. The highest BCUT2D eigenvalue weighted by molar-refractivity contribution is 8.15. The number of benzene rings is 2. The van der Waals surface area contributed by atoms with Crippen molar-refractivity contribution >= 4 is 46.0 Å². The Morgan fingerprint density at radius 3 is 2.69 bits per heavy atom. The summed E-state index contributed by atoms with van der Waals surface area (Å²) < 4.78 is 0. The van der Waals surface area contributed by atoms with E-state index in [4.69, 9.17) is 17.3 Å². The standard InChI is InChI=1S/C19H18ClN3O2S/c20-14-7-4-8-15(11-14)22-19-23(10-9-13-5-2-1-3-6-13)17(24)12-16(26-19)18(21)25/h1-8,11,16H,9-10,12H2,(H2,21,25). The maximum Gasteiger partial charge on any atom is 0.231 e. The van der Waals surface area contributed by atoms with E-state index >= 15 is 0 Å². The summed E-state index contributed by atoms with van der Waals surface area (Å²) in [6, 6.07) is 17.0. The molecule has 2 aromatic rings. The van der Waals surface area contributed by atoms with Gasteiger partial charge >= 0.3 is 0 Å². The molecule has 5 nitrogen and oxygen atoms in total. The van der Waals surface area contributed by atoms with Crippen LogP contribution in [0.4, 0.5) is 5.69 Å². The third-order valence-electron chi connectivity index (χ3n) is 3.96. The van der Waals surface area contributed by atoms with Gasteiger partial charge < -0.3 is 5.73 Å². The average molecular weight is 388 g/mol. The van der Waals surface area contributed by atoms with E-state index in [0.717, 1.165) is 5.56 Å². The van der Waals surface area contributed by atoms with Crippen molar-refractivity contribution in [1.29, 1.82) is 0 Å². The fourth-order valence-electron chi connectivity index (χ4n) is 2.62. The highest BCUT2D eigenvalue weighted by Crippen LogP contribution is 2.29. The van der Waals surface area contributed by atoms with Gasteiger partial charge in [-0.2, -0.15) is 0 Å². The van der Waals surface area contributed by atoms with Crippen LogP contribution >= 0.6 is 23.4 Å². The van der Waals surface area contributed by atoms with Crippen molar-refractivity contribution in [3.8, 4) is 0 Å². The Labute approximate surface area is 161 Å². The van der Waals surface area contributed by atoms with Gasteiger partial charge in [-0.15, -0.1) is 0 Å². The molecule has 2 N–H and O–H groups in total. The van der Waals surface area contributed by atoms with Gasteiger partial charge in [-0.25, -0.2) is 4.99 Å². The van der Waals surface area contributed by atoms with Crippen molar-refractivity contribution in [2.75, 3.05) is 6.54 Å². The topological polar surface area (TPSA) is 75.8 Å². The lowest BCUT2D eigenvalue weighted by atomic mass is 10.1. The lowest BCUT2D eigenvalue weighted by Crippen LogP contribution is -2.46. The van der Waals surface area contributed by atoms with E-state index in [1.165, 1.54) is 11.8 Å². The second-order valence-corrected chi connectivity index (χ2v) is 7.47. The number of primary amides is 1. The highest BCUT2D eigenvalue weighted by atomic mass is 35.5. The number of thioether (sulfide) groups is 1. The molecule has 0 spiro atoms. The van der Waals surface area contributed by atoms with E-state index in [0.29, 0.717) is 28.8 Å². The van der Waals surface area contributed by atoms with Crippen LogP contribution in [0.5, 0.6) is 0 Å². The van der Waals surface area contributed by atoms with Crippen molar-refractivity contribution in [2.24, 2.45) is 10.7 Å². The number of carbonyl (C=O) groups excluding carboxylic acids is 2. The second-order valence-electron chi connectivity index (χ2n) is 5.87. The maximum absolute atomic E-state index is 12.6. The van der Waals surface area contributed by atoms with Crippen molar-refractivity contribution in [1.82, 2.24) is 4.90 Å². The van der Waals surface area contributed by atoms with Crippen molar-refractivity contribution < 1.29 is 9.59 Å². The Balaban J connectivity index is 1.85. The molecule has 0 radical (unpaired) electrons. The number of amides is 2. The van der Waals surface area contributed by atoms with Crippen LogP contribution in [-0.4, -0.2) is 33.7 Å². The Kier molecular flexibility index (Phi) is 5.96. The molecule has 7 heteroatoms. The monoisotopic (exact) mass is 387 g/mol. The van der Waals surface area contributed by atoms with Gasteiger partial charge in [0.2, 0.25) is 11.8 Å². The van der Waals surface area contributed by atoms with Gasteiger partial charge in [0.15, 0.2) is 5.17 Å². The minimum absolute atomic E-state index is 0.0867. The third-order valence-corrected chi connectivity index (χ3v) is 5.40. The molecule has 1 aliphatic rings. The summed E-state index contributed by atoms with van der Waals surface area (Å²) in [5, 5.41) is 0.429. The first-order valence-electron chi connectivity index (χ1n) is 8.17. The lowest BCUT2D eigenvalue weighted by molar-refractivity contribution is -0.129. The number of nitrogens with zero attached hydrogens (tertiary/aromatic N) is 2. The molecule has 2 aromatic carbocycles. The summed E-state index contributed by atoms with van der Waals surface area (Å²) in [6.07, 6.45) is 0.784. The largest absolute Gasteiger partial charge is 0.369 e. The smallest absolute Gasteiger partial charge is 0.231 e. The molecule has 0 aromatic heterocycles. The number of aliphatic imine (C=N–C) groups is 1.